The monoisotopic (exact) mass is 316 g/mol. The first-order valence-electron chi connectivity index (χ1n) is 8.69. The Labute approximate surface area is 138 Å². The molecule has 3 rings (SSSR count). The first-order valence-corrected chi connectivity index (χ1v) is 8.69. The highest BCUT2D eigenvalue weighted by Gasteiger charge is 2.59. The Morgan fingerprint density at radius 1 is 1.30 bits per heavy atom. The maximum absolute atomic E-state index is 11.1. The van der Waals surface area contributed by atoms with Crippen LogP contribution in [0.5, 0.6) is 5.75 Å². The predicted octanol–water partition coefficient (Wildman–Crippen LogP) is 3.45. The maximum Gasteiger partial charge on any atom is 0.115 e. The molecule has 1 fully saturated rings. The number of fused-ring (bicyclic) bond motifs is 3. The highest BCUT2D eigenvalue weighted by Crippen LogP contribution is 2.57. The molecular formula is C20H28O3. The second-order valence-corrected chi connectivity index (χ2v) is 7.67. The van der Waals surface area contributed by atoms with Crippen molar-refractivity contribution in [3.63, 3.8) is 0 Å². The zero-order valence-electron chi connectivity index (χ0n) is 14.3. The van der Waals surface area contributed by atoms with Crippen molar-refractivity contribution in [2.24, 2.45) is 5.92 Å². The molecule has 4 atom stereocenters. The van der Waals surface area contributed by atoms with E-state index in [2.05, 4.69) is 6.92 Å². The van der Waals surface area contributed by atoms with Crippen LogP contribution in [0.1, 0.15) is 57.6 Å². The molecule has 23 heavy (non-hydrogen) atoms. The van der Waals surface area contributed by atoms with E-state index in [-0.39, 0.29) is 5.41 Å². The van der Waals surface area contributed by atoms with Crippen molar-refractivity contribution in [3.05, 3.63) is 41.5 Å². The van der Waals surface area contributed by atoms with Gasteiger partial charge >= 0.3 is 0 Å². The number of rotatable bonds is 2. The van der Waals surface area contributed by atoms with Crippen LogP contribution in [-0.2, 0) is 11.8 Å². The van der Waals surface area contributed by atoms with E-state index in [0.717, 1.165) is 19.3 Å². The van der Waals surface area contributed by atoms with E-state index in [0.29, 0.717) is 24.5 Å². The van der Waals surface area contributed by atoms with Gasteiger partial charge in [0.25, 0.3) is 0 Å². The van der Waals surface area contributed by atoms with Gasteiger partial charge in [0.15, 0.2) is 0 Å². The minimum absolute atomic E-state index is 0.126. The second kappa shape index (κ2) is 5.35. The van der Waals surface area contributed by atoms with E-state index in [1.54, 1.807) is 19.1 Å². The van der Waals surface area contributed by atoms with Crippen LogP contribution in [-0.4, -0.2) is 26.5 Å². The van der Waals surface area contributed by atoms with Crippen LogP contribution >= 0.6 is 0 Å². The summed E-state index contributed by atoms with van der Waals surface area (Å²) in [4.78, 5) is 0. The van der Waals surface area contributed by atoms with E-state index in [1.165, 1.54) is 11.1 Å². The molecule has 0 saturated heterocycles. The molecule has 3 nitrogen and oxygen atoms in total. The van der Waals surface area contributed by atoms with Gasteiger partial charge in [-0.1, -0.05) is 25.1 Å². The number of phenols is 1. The summed E-state index contributed by atoms with van der Waals surface area (Å²) in [5, 5.41) is 32.0. The average molecular weight is 316 g/mol. The highest BCUT2D eigenvalue weighted by atomic mass is 16.4. The molecule has 3 N–H and O–H groups in total. The fourth-order valence-corrected chi connectivity index (χ4v) is 5.13. The average Bonchev–Trinajstić information content (AvgIpc) is 2.48. The van der Waals surface area contributed by atoms with E-state index in [1.807, 2.05) is 25.1 Å². The summed E-state index contributed by atoms with van der Waals surface area (Å²) in [6.45, 7) is 5.81. The molecule has 1 saturated carbocycles. The minimum atomic E-state index is -1.17. The lowest BCUT2D eigenvalue weighted by Gasteiger charge is -2.58. The second-order valence-electron chi connectivity index (χ2n) is 7.67. The third-order valence-electron chi connectivity index (χ3n) is 6.39. The number of phenolic OH excluding ortho intramolecular Hbond substituents is 1. The molecule has 0 bridgehead atoms. The molecule has 0 heterocycles. The lowest BCUT2D eigenvalue weighted by atomic mass is 9.49. The SMILES string of the molecule is C/C=C\C1(O)C[C@H]2CCc3cc(O)ccc3C2(CC)CC1(C)O. The van der Waals surface area contributed by atoms with Gasteiger partial charge in [-0.2, -0.15) is 0 Å². The number of benzene rings is 1. The third-order valence-corrected chi connectivity index (χ3v) is 6.39. The van der Waals surface area contributed by atoms with Gasteiger partial charge in [0.2, 0.25) is 0 Å². The Bertz CT molecular complexity index is 634. The molecule has 0 amide bonds. The first-order chi connectivity index (χ1) is 10.8. The van der Waals surface area contributed by atoms with Gasteiger partial charge in [-0.15, -0.1) is 0 Å². The number of hydrogen-bond donors (Lipinski definition) is 3. The topological polar surface area (TPSA) is 60.7 Å². The molecule has 0 radical (unpaired) electrons. The van der Waals surface area contributed by atoms with Crippen LogP contribution in [0.15, 0.2) is 30.4 Å². The van der Waals surface area contributed by atoms with E-state index in [4.69, 9.17) is 0 Å². The highest BCUT2D eigenvalue weighted by molar-refractivity contribution is 5.44. The summed E-state index contributed by atoms with van der Waals surface area (Å²) in [5.41, 5.74) is -0.0244. The van der Waals surface area contributed by atoms with Gasteiger partial charge < -0.3 is 15.3 Å². The van der Waals surface area contributed by atoms with Gasteiger partial charge in [-0.25, -0.2) is 0 Å². The Kier molecular flexibility index (Phi) is 3.85. The molecule has 126 valence electrons. The first kappa shape index (κ1) is 16.5. The van der Waals surface area contributed by atoms with Crippen LogP contribution in [0.3, 0.4) is 0 Å². The zero-order chi connectivity index (χ0) is 16.9. The van der Waals surface area contributed by atoms with Gasteiger partial charge in [-0.3, -0.25) is 0 Å². The van der Waals surface area contributed by atoms with Crippen LogP contribution in [0, 0.1) is 5.92 Å². The molecule has 3 unspecified atom stereocenters. The van der Waals surface area contributed by atoms with Crippen molar-refractivity contribution < 1.29 is 15.3 Å². The van der Waals surface area contributed by atoms with Gasteiger partial charge in [0.05, 0.1) is 5.60 Å². The summed E-state index contributed by atoms with van der Waals surface area (Å²) in [7, 11) is 0. The summed E-state index contributed by atoms with van der Waals surface area (Å²) in [6.07, 6.45) is 7.56. The van der Waals surface area contributed by atoms with Crippen LogP contribution in [0.25, 0.3) is 0 Å². The largest absolute Gasteiger partial charge is 0.508 e. The predicted molar refractivity (Wildman–Crippen MR) is 91.5 cm³/mol. The summed E-state index contributed by atoms with van der Waals surface area (Å²) in [6, 6.07) is 5.64. The van der Waals surface area contributed by atoms with Crippen LogP contribution in [0.4, 0.5) is 0 Å². The normalized spacial score (nSPS) is 40.0. The van der Waals surface area contributed by atoms with Gasteiger partial charge in [0.1, 0.15) is 11.4 Å². The quantitative estimate of drug-likeness (QED) is 0.732. The number of aromatic hydroxyl groups is 1. The van der Waals surface area contributed by atoms with Crippen molar-refractivity contribution in [1.82, 2.24) is 0 Å². The molecule has 1 aromatic rings. The lowest BCUT2D eigenvalue weighted by Crippen LogP contribution is -2.63. The molecule has 0 aliphatic heterocycles. The zero-order valence-corrected chi connectivity index (χ0v) is 14.3. The molecule has 0 aromatic heterocycles. The molecular weight excluding hydrogens is 288 g/mol. The van der Waals surface area contributed by atoms with Gasteiger partial charge in [0, 0.05) is 5.41 Å². The van der Waals surface area contributed by atoms with Crippen molar-refractivity contribution >= 4 is 0 Å². The molecule has 2 aliphatic carbocycles. The van der Waals surface area contributed by atoms with Gasteiger partial charge in [-0.05, 0) is 75.1 Å². The summed E-state index contributed by atoms with van der Waals surface area (Å²) < 4.78 is 0. The van der Waals surface area contributed by atoms with E-state index >= 15 is 0 Å². The Balaban J connectivity index is 2.12. The number of aliphatic hydroxyl groups is 2. The van der Waals surface area contributed by atoms with Crippen LogP contribution in [0.2, 0.25) is 0 Å². The Morgan fingerprint density at radius 2 is 2.04 bits per heavy atom. The third kappa shape index (κ3) is 2.33. The molecule has 3 heteroatoms. The number of allylic oxidation sites excluding steroid dienone is 1. The summed E-state index contributed by atoms with van der Waals surface area (Å²) >= 11 is 0. The van der Waals surface area contributed by atoms with Crippen molar-refractivity contribution in [1.29, 1.82) is 0 Å². The maximum atomic E-state index is 11.1. The van der Waals surface area contributed by atoms with Crippen molar-refractivity contribution in [2.45, 2.75) is 69.5 Å². The lowest BCUT2D eigenvalue weighted by molar-refractivity contribution is -0.173. The minimum Gasteiger partial charge on any atom is -0.508 e. The van der Waals surface area contributed by atoms with E-state index < -0.39 is 11.2 Å². The fourth-order valence-electron chi connectivity index (χ4n) is 5.13. The molecule has 0 spiro atoms. The molecule has 1 aromatic carbocycles. The summed E-state index contributed by atoms with van der Waals surface area (Å²) in [5.74, 6) is 0.646. The fraction of sp³-hybridized carbons (Fsp3) is 0.600. The Hall–Kier alpha value is -1.32. The Morgan fingerprint density at radius 3 is 2.70 bits per heavy atom. The standard InChI is InChI=1S/C20H28O3/c1-4-10-20(23)12-15-7-6-14-11-16(21)8-9-17(14)19(15,5-2)13-18(20,3)22/h4,8-11,15,21-23H,5-7,12-13H2,1-3H3/b10-4-/t15-,18?,19?,20?/m1/s1. The van der Waals surface area contributed by atoms with E-state index in [9.17, 15) is 15.3 Å². The van der Waals surface area contributed by atoms with Crippen LogP contribution < -0.4 is 0 Å². The molecule has 2 aliphatic rings. The smallest absolute Gasteiger partial charge is 0.115 e. The van der Waals surface area contributed by atoms with Crippen molar-refractivity contribution in [3.8, 4) is 5.75 Å². The number of hydrogen-bond acceptors (Lipinski definition) is 3. The van der Waals surface area contributed by atoms with Crippen molar-refractivity contribution in [2.75, 3.05) is 0 Å². The number of aryl methyl sites for hydroxylation is 1.